The number of fused-ring (bicyclic) bond motifs is 2. The van der Waals surface area contributed by atoms with Crippen LogP contribution in [0.4, 0.5) is 0 Å². The molecule has 1 unspecified atom stereocenters. The molecule has 0 spiro atoms. The van der Waals surface area contributed by atoms with Crippen molar-refractivity contribution < 1.29 is 23.9 Å². The van der Waals surface area contributed by atoms with Gasteiger partial charge in [-0.25, -0.2) is 5.01 Å². The summed E-state index contributed by atoms with van der Waals surface area (Å²) in [4.78, 5) is 45.1. The van der Waals surface area contributed by atoms with Crippen LogP contribution < -0.4 is 4.74 Å². The van der Waals surface area contributed by atoms with E-state index >= 15 is 0 Å². The van der Waals surface area contributed by atoms with Gasteiger partial charge in [-0.3, -0.25) is 24.3 Å². The Bertz CT molecular complexity index is 1540. The number of nitrogens with zero attached hydrogens (tertiary/aromatic N) is 4. The van der Waals surface area contributed by atoms with E-state index in [2.05, 4.69) is 42.2 Å². The van der Waals surface area contributed by atoms with Crippen LogP contribution >= 0.6 is 0 Å². The molecule has 42 heavy (non-hydrogen) atoms. The van der Waals surface area contributed by atoms with Crippen LogP contribution in [0, 0.1) is 0 Å². The maximum absolute atomic E-state index is 13.0. The molecule has 4 aliphatic heterocycles. The van der Waals surface area contributed by atoms with Crippen molar-refractivity contribution >= 4 is 28.6 Å². The molecule has 0 N–H and O–H groups in total. The summed E-state index contributed by atoms with van der Waals surface area (Å²) in [6.45, 7) is 5.75. The fraction of sp³-hybridized carbons (Fsp3) is 0.455. The first-order valence-corrected chi connectivity index (χ1v) is 15.1. The van der Waals surface area contributed by atoms with E-state index < -0.39 is 0 Å². The first-order valence-electron chi connectivity index (χ1n) is 15.1. The lowest BCUT2D eigenvalue weighted by atomic mass is 9.92. The average Bonchev–Trinajstić information content (AvgIpc) is 3.55. The predicted octanol–water partition coefficient (Wildman–Crippen LogP) is 4.58. The number of piperidine rings is 1. The molecule has 0 saturated carbocycles. The Morgan fingerprint density at radius 1 is 1.00 bits per heavy atom. The smallest absolute Gasteiger partial charge is 0.273 e. The molecule has 3 saturated heterocycles. The third-order valence-electron chi connectivity index (χ3n) is 8.97. The number of benzene rings is 2. The van der Waals surface area contributed by atoms with E-state index in [-0.39, 0.29) is 49.3 Å². The molecule has 5 heterocycles. The molecule has 4 aliphatic rings. The van der Waals surface area contributed by atoms with Crippen molar-refractivity contribution in [3.63, 3.8) is 0 Å². The van der Waals surface area contributed by atoms with E-state index in [9.17, 15) is 14.4 Å². The van der Waals surface area contributed by atoms with Crippen molar-refractivity contribution in [1.82, 2.24) is 19.9 Å². The highest BCUT2D eigenvalue weighted by Gasteiger charge is 2.39. The monoisotopic (exact) mass is 568 g/mol. The van der Waals surface area contributed by atoms with Crippen LogP contribution in [0.2, 0.25) is 0 Å². The summed E-state index contributed by atoms with van der Waals surface area (Å²) >= 11 is 0. The summed E-state index contributed by atoms with van der Waals surface area (Å²) in [5.74, 6) is 0.233. The van der Waals surface area contributed by atoms with Crippen LogP contribution in [0.1, 0.15) is 78.5 Å². The van der Waals surface area contributed by atoms with Gasteiger partial charge in [0.15, 0.2) is 0 Å². The minimum absolute atomic E-state index is 0.0491. The number of hydrazine groups is 1. The van der Waals surface area contributed by atoms with Crippen LogP contribution in [0.3, 0.4) is 0 Å². The summed E-state index contributed by atoms with van der Waals surface area (Å²) < 4.78 is 12.0. The standard InChI is InChI=1S/C33H36N4O5/c1-21-15-24(12-14-41-21)30-10-6-23-16-22(5-9-29(23)34-30)18-35-13-11-27(20-35)42-26-7-8-28-25(17-26)19-36(33(28)40)37-31(38)3-2-4-32(37)39/h5-10,16-17,21,24,27H,2-4,11-15,18-20H2,1H3/t21-,24?,27+/m1/s1. The molecule has 3 amide bonds. The second-order valence-electron chi connectivity index (χ2n) is 12.1. The van der Waals surface area contributed by atoms with Crippen LogP contribution in [0.5, 0.6) is 5.75 Å². The van der Waals surface area contributed by atoms with Gasteiger partial charge in [-0.15, -0.1) is 0 Å². The lowest BCUT2D eigenvalue weighted by Gasteiger charge is -2.32. The fourth-order valence-electron chi connectivity index (χ4n) is 6.80. The maximum Gasteiger partial charge on any atom is 0.273 e. The number of likely N-dealkylation sites (tertiary alicyclic amines) is 1. The number of carbonyl (C=O) groups excluding carboxylic acids is 3. The van der Waals surface area contributed by atoms with Gasteiger partial charge in [-0.1, -0.05) is 12.1 Å². The van der Waals surface area contributed by atoms with Crippen LogP contribution in [-0.4, -0.2) is 69.5 Å². The SMILES string of the molecule is C[C@@H]1CC(c2ccc3cc(CN4CC[C@H](Oc5ccc6c(c5)CN(N5C(=O)CCCC5=O)C6=O)C4)ccc3n2)CCO1. The minimum atomic E-state index is -0.313. The third kappa shape index (κ3) is 5.27. The lowest BCUT2D eigenvalue weighted by Crippen LogP contribution is -2.51. The van der Waals surface area contributed by atoms with Crippen molar-refractivity contribution in [2.75, 3.05) is 19.7 Å². The molecule has 0 aliphatic carbocycles. The highest BCUT2D eigenvalue weighted by Crippen LogP contribution is 2.32. The Labute approximate surface area is 245 Å². The van der Waals surface area contributed by atoms with Gasteiger partial charge in [-0.05, 0) is 80.1 Å². The molecule has 3 aromatic rings. The van der Waals surface area contributed by atoms with Gasteiger partial charge < -0.3 is 9.47 Å². The fourth-order valence-corrected chi connectivity index (χ4v) is 6.80. The Hall–Kier alpha value is -3.82. The molecule has 1 aromatic heterocycles. The first-order chi connectivity index (χ1) is 20.4. The van der Waals surface area contributed by atoms with E-state index in [0.29, 0.717) is 23.7 Å². The van der Waals surface area contributed by atoms with Crippen molar-refractivity contribution in [3.05, 3.63) is 70.9 Å². The molecule has 9 nitrogen and oxygen atoms in total. The highest BCUT2D eigenvalue weighted by molar-refractivity contribution is 6.04. The van der Waals surface area contributed by atoms with E-state index in [0.717, 1.165) is 67.0 Å². The molecule has 3 atom stereocenters. The highest BCUT2D eigenvalue weighted by atomic mass is 16.5. The van der Waals surface area contributed by atoms with Crippen molar-refractivity contribution in [2.45, 2.75) is 76.7 Å². The van der Waals surface area contributed by atoms with Crippen molar-refractivity contribution in [3.8, 4) is 5.75 Å². The molecule has 0 bridgehead atoms. The average molecular weight is 569 g/mol. The van der Waals surface area contributed by atoms with E-state index in [1.54, 1.807) is 6.07 Å². The molecule has 218 valence electrons. The zero-order chi connectivity index (χ0) is 28.8. The number of ether oxygens (including phenoxy) is 2. The van der Waals surface area contributed by atoms with Crippen molar-refractivity contribution in [2.24, 2.45) is 0 Å². The predicted molar refractivity (Wildman–Crippen MR) is 155 cm³/mol. The van der Waals surface area contributed by atoms with Gasteiger partial charge in [0.1, 0.15) is 11.9 Å². The second kappa shape index (κ2) is 11.1. The van der Waals surface area contributed by atoms with Crippen LogP contribution in [-0.2, 0) is 27.4 Å². The summed E-state index contributed by atoms with van der Waals surface area (Å²) in [5, 5.41) is 3.48. The summed E-state index contributed by atoms with van der Waals surface area (Å²) in [6.07, 6.45) is 4.41. The third-order valence-corrected chi connectivity index (χ3v) is 8.97. The van der Waals surface area contributed by atoms with Gasteiger partial charge >= 0.3 is 0 Å². The van der Waals surface area contributed by atoms with Crippen LogP contribution in [0.25, 0.3) is 10.9 Å². The van der Waals surface area contributed by atoms with Gasteiger partial charge in [0.05, 0.1) is 18.2 Å². The number of aromatic nitrogens is 1. The molecule has 7 rings (SSSR count). The second-order valence-corrected chi connectivity index (χ2v) is 12.1. The topological polar surface area (TPSA) is 92.3 Å². The zero-order valence-corrected chi connectivity index (χ0v) is 24.0. The van der Waals surface area contributed by atoms with Gasteiger partial charge in [-0.2, -0.15) is 5.01 Å². The molecule has 3 fully saturated rings. The van der Waals surface area contributed by atoms with Gasteiger partial charge in [0.2, 0.25) is 11.8 Å². The summed E-state index contributed by atoms with van der Waals surface area (Å²) in [7, 11) is 0. The molecular formula is C33H36N4O5. The summed E-state index contributed by atoms with van der Waals surface area (Å²) in [6, 6.07) is 16.4. The Kier molecular flexibility index (Phi) is 7.15. The quantitative estimate of drug-likeness (QED) is 0.402. The molecule has 2 aromatic carbocycles. The number of imide groups is 1. The lowest BCUT2D eigenvalue weighted by molar-refractivity contribution is -0.163. The normalized spacial score (nSPS) is 25.0. The Balaban J connectivity index is 0.966. The number of hydrogen-bond donors (Lipinski definition) is 0. The Morgan fingerprint density at radius 2 is 1.86 bits per heavy atom. The van der Waals surface area contributed by atoms with E-state index in [4.69, 9.17) is 14.5 Å². The molecular weight excluding hydrogens is 532 g/mol. The largest absolute Gasteiger partial charge is 0.489 e. The zero-order valence-electron chi connectivity index (χ0n) is 24.0. The van der Waals surface area contributed by atoms with Crippen molar-refractivity contribution in [1.29, 1.82) is 0 Å². The number of carbonyl (C=O) groups is 3. The van der Waals surface area contributed by atoms with Crippen LogP contribution in [0.15, 0.2) is 48.5 Å². The maximum atomic E-state index is 13.0. The Morgan fingerprint density at radius 3 is 2.69 bits per heavy atom. The first kappa shape index (κ1) is 27.0. The minimum Gasteiger partial charge on any atom is -0.489 e. The molecule has 0 radical (unpaired) electrons. The van der Waals surface area contributed by atoms with Gasteiger partial charge in [0.25, 0.3) is 5.91 Å². The summed E-state index contributed by atoms with van der Waals surface area (Å²) in [5.41, 5.74) is 4.76. The number of pyridine rings is 1. The number of hydrogen-bond acceptors (Lipinski definition) is 7. The van der Waals surface area contributed by atoms with E-state index in [1.165, 1.54) is 16.3 Å². The van der Waals surface area contributed by atoms with E-state index in [1.807, 2.05) is 12.1 Å². The number of amides is 3. The number of rotatable bonds is 6. The van der Waals surface area contributed by atoms with Gasteiger partial charge in [0, 0.05) is 61.6 Å². The molecule has 9 heteroatoms.